The van der Waals surface area contributed by atoms with Gasteiger partial charge in [0.25, 0.3) is 0 Å². The van der Waals surface area contributed by atoms with Crippen LogP contribution in [0.1, 0.15) is 32.3 Å². The molecule has 7 nitrogen and oxygen atoms in total. The van der Waals surface area contributed by atoms with Gasteiger partial charge in [-0.2, -0.15) is 18.2 Å². The van der Waals surface area contributed by atoms with Crippen LogP contribution in [0.3, 0.4) is 0 Å². The SMILES string of the molecule is C[C@H]1CN(c2cc(-c3cnc(N)c(C(F)(F)F)c3)nc(N3CC4CC3C4)n2)[C@@H](C)CO1. The van der Waals surface area contributed by atoms with Crippen LogP contribution in [0, 0.1) is 5.92 Å². The lowest BCUT2D eigenvalue weighted by Crippen LogP contribution is -2.48. The van der Waals surface area contributed by atoms with Crippen LogP contribution in [-0.4, -0.2) is 52.8 Å². The van der Waals surface area contributed by atoms with Gasteiger partial charge in [0, 0.05) is 37.0 Å². The second-order valence-corrected chi connectivity index (χ2v) is 8.85. The maximum Gasteiger partial charge on any atom is 0.419 e. The molecule has 0 aromatic carbocycles. The summed E-state index contributed by atoms with van der Waals surface area (Å²) in [5, 5.41) is 0. The molecular weight excluding hydrogens is 409 g/mol. The van der Waals surface area contributed by atoms with E-state index in [-0.39, 0.29) is 17.7 Å². The highest BCUT2D eigenvalue weighted by molar-refractivity contribution is 5.67. The third kappa shape index (κ3) is 3.66. The van der Waals surface area contributed by atoms with E-state index in [4.69, 9.17) is 15.5 Å². The van der Waals surface area contributed by atoms with Gasteiger partial charge < -0.3 is 20.3 Å². The van der Waals surface area contributed by atoms with E-state index in [1.165, 1.54) is 6.20 Å². The van der Waals surface area contributed by atoms with Crippen LogP contribution in [0.2, 0.25) is 0 Å². The predicted octanol–water partition coefficient (Wildman–Crippen LogP) is 3.35. The molecule has 1 saturated carbocycles. The number of fused-ring (bicyclic) bond motifs is 1. The van der Waals surface area contributed by atoms with Gasteiger partial charge in [-0.25, -0.2) is 9.97 Å². The van der Waals surface area contributed by atoms with E-state index < -0.39 is 17.6 Å². The number of hydrogen-bond donors (Lipinski definition) is 1. The van der Waals surface area contributed by atoms with Gasteiger partial charge in [-0.3, -0.25) is 0 Å². The number of pyridine rings is 1. The van der Waals surface area contributed by atoms with Gasteiger partial charge in [0.1, 0.15) is 11.6 Å². The molecule has 3 aliphatic heterocycles. The largest absolute Gasteiger partial charge is 0.419 e. The van der Waals surface area contributed by atoms with Crippen molar-refractivity contribution in [2.45, 2.75) is 51.1 Å². The monoisotopic (exact) mass is 434 g/mol. The van der Waals surface area contributed by atoms with E-state index in [0.29, 0.717) is 42.6 Å². The van der Waals surface area contributed by atoms with Crippen molar-refractivity contribution in [2.24, 2.45) is 5.92 Å². The predicted molar refractivity (Wildman–Crippen MR) is 111 cm³/mol. The van der Waals surface area contributed by atoms with Gasteiger partial charge in [0.05, 0.1) is 30.0 Å². The van der Waals surface area contributed by atoms with E-state index >= 15 is 0 Å². The maximum atomic E-state index is 13.4. The molecule has 2 aromatic heterocycles. The quantitative estimate of drug-likeness (QED) is 0.794. The number of morpholine rings is 1. The number of ether oxygens (including phenoxy) is 1. The molecule has 0 unspecified atom stereocenters. The van der Waals surface area contributed by atoms with Crippen LogP contribution >= 0.6 is 0 Å². The van der Waals surface area contributed by atoms with Gasteiger partial charge in [0.2, 0.25) is 5.95 Å². The third-order valence-electron chi connectivity index (χ3n) is 6.49. The van der Waals surface area contributed by atoms with E-state index in [1.54, 1.807) is 6.07 Å². The first-order chi connectivity index (χ1) is 14.7. The Balaban J connectivity index is 1.60. The Hall–Kier alpha value is -2.62. The number of anilines is 3. The van der Waals surface area contributed by atoms with Crippen LogP contribution in [0.4, 0.5) is 30.8 Å². The fourth-order valence-corrected chi connectivity index (χ4v) is 4.69. The summed E-state index contributed by atoms with van der Waals surface area (Å²) in [7, 11) is 0. The number of alkyl halides is 3. The molecule has 2 atom stereocenters. The summed E-state index contributed by atoms with van der Waals surface area (Å²) >= 11 is 0. The highest BCUT2D eigenvalue weighted by atomic mass is 19.4. The molecule has 5 heterocycles. The zero-order valence-corrected chi connectivity index (χ0v) is 17.4. The summed E-state index contributed by atoms with van der Waals surface area (Å²) < 4.78 is 46.0. The van der Waals surface area contributed by atoms with Crippen molar-refractivity contribution >= 4 is 17.6 Å². The molecule has 31 heavy (non-hydrogen) atoms. The molecule has 2 N–H and O–H groups in total. The first kappa shape index (κ1) is 20.3. The molecule has 4 fully saturated rings. The number of halogens is 3. The number of nitrogens with zero attached hydrogens (tertiary/aromatic N) is 5. The standard InChI is InChI=1S/C21H25F3N6O/c1-11-10-31-12(2)8-29(11)18-6-17(14-5-16(21(22,23)24)19(25)26-7-14)27-20(28-18)30-9-13-3-15(30)4-13/h5-7,11-13,15H,3-4,8-10H2,1-2H3,(H2,25,26)/t11-,12-,13?,15?/m0/s1. The second kappa shape index (κ2) is 7.22. The number of nitrogen functional groups attached to an aromatic ring is 1. The molecule has 2 bridgehead atoms. The Morgan fingerprint density at radius 1 is 1.10 bits per heavy atom. The maximum absolute atomic E-state index is 13.4. The molecule has 3 saturated heterocycles. The minimum Gasteiger partial charge on any atom is -0.383 e. The molecule has 4 aliphatic rings. The third-order valence-corrected chi connectivity index (χ3v) is 6.49. The van der Waals surface area contributed by atoms with Gasteiger partial charge in [-0.05, 0) is 38.7 Å². The smallest absolute Gasteiger partial charge is 0.383 e. The van der Waals surface area contributed by atoms with Gasteiger partial charge in [0.15, 0.2) is 0 Å². The number of rotatable bonds is 3. The van der Waals surface area contributed by atoms with Gasteiger partial charge in [-0.1, -0.05) is 0 Å². The lowest BCUT2D eigenvalue weighted by atomic mass is 9.86. The lowest BCUT2D eigenvalue weighted by molar-refractivity contribution is -0.137. The fourth-order valence-electron chi connectivity index (χ4n) is 4.69. The van der Waals surface area contributed by atoms with Crippen LogP contribution in [-0.2, 0) is 10.9 Å². The Bertz CT molecular complexity index is 994. The summed E-state index contributed by atoms with van der Waals surface area (Å²) in [6.07, 6.45) is -0.968. The molecule has 0 radical (unpaired) electrons. The van der Waals surface area contributed by atoms with Crippen molar-refractivity contribution in [3.63, 3.8) is 0 Å². The Morgan fingerprint density at radius 2 is 1.87 bits per heavy atom. The zero-order chi connectivity index (χ0) is 21.9. The van der Waals surface area contributed by atoms with Crippen molar-refractivity contribution in [1.29, 1.82) is 0 Å². The van der Waals surface area contributed by atoms with Crippen molar-refractivity contribution in [2.75, 3.05) is 35.2 Å². The van der Waals surface area contributed by atoms with Crippen molar-refractivity contribution in [3.05, 3.63) is 23.9 Å². The molecule has 6 rings (SSSR count). The second-order valence-electron chi connectivity index (χ2n) is 8.85. The average molecular weight is 434 g/mol. The molecule has 1 aliphatic carbocycles. The fraction of sp³-hybridized carbons (Fsp3) is 0.571. The highest BCUT2D eigenvalue weighted by Gasteiger charge is 2.44. The van der Waals surface area contributed by atoms with Gasteiger partial charge >= 0.3 is 6.18 Å². The molecular formula is C21H25F3N6O. The van der Waals surface area contributed by atoms with Crippen molar-refractivity contribution < 1.29 is 17.9 Å². The van der Waals surface area contributed by atoms with E-state index in [0.717, 1.165) is 25.5 Å². The van der Waals surface area contributed by atoms with Crippen molar-refractivity contribution in [3.8, 4) is 11.3 Å². The topological polar surface area (TPSA) is 80.4 Å². The van der Waals surface area contributed by atoms with Crippen LogP contribution in [0.25, 0.3) is 11.3 Å². The molecule has 10 heteroatoms. The van der Waals surface area contributed by atoms with Crippen molar-refractivity contribution in [1.82, 2.24) is 15.0 Å². The van der Waals surface area contributed by atoms with Crippen LogP contribution in [0.5, 0.6) is 0 Å². The Morgan fingerprint density at radius 3 is 2.55 bits per heavy atom. The lowest BCUT2D eigenvalue weighted by Gasteiger charge is -2.38. The first-order valence-corrected chi connectivity index (χ1v) is 10.6. The van der Waals surface area contributed by atoms with E-state index in [2.05, 4.69) is 19.8 Å². The minimum absolute atomic E-state index is 0.0349. The number of hydrogen-bond acceptors (Lipinski definition) is 7. The summed E-state index contributed by atoms with van der Waals surface area (Å²) in [5.74, 6) is 1.37. The number of nitrogens with two attached hydrogens (primary N) is 1. The molecule has 2 aromatic rings. The van der Waals surface area contributed by atoms with Crippen LogP contribution in [0.15, 0.2) is 18.3 Å². The summed E-state index contributed by atoms with van der Waals surface area (Å²) in [4.78, 5) is 17.6. The Kier molecular flexibility index (Phi) is 4.72. The molecule has 166 valence electrons. The van der Waals surface area contributed by atoms with Gasteiger partial charge in [-0.15, -0.1) is 0 Å². The molecule has 0 spiro atoms. The Labute approximate surface area is 178 Å². The first-order valence-electron chi connectivity index (χ1n) is 10.6. The van der Waals surface area contributed by atoms with E-state index in [9.17, 15) is 13.2 Å². The highest BCUT2D eigenvalue weighted by Crippen LogP contribution is 2.43. The number of aromatic nitrogens is 3. The average Bonchev–Trinajstić information content (AvgIpc) is 3.30. The summed E-state index contributed by atoms with van der Waals surface area (Å²) in [5.41, 5.74) is 5.22. The summed E-state index contributed by atoms with van der Waals surface area (Å²) in [6, 6.07) is 3.26. The minimum atomic E-state index is -4.59. The van der Waals surface area contributed by atoms with E-state index in [1.807, 2.05) is 13.8 Å². The summed E-state index contributed by atoms with van der Waals surface area (Å²) in [6.45, 7) is 6.14. The normalized spacial score (nSPS) is 28.0. The molecule has 0 amide bonds. The zero-order valence-electron chi connectivity index (χ0n) is 17.4. The van der Waals surface area contributed by atoms with Crippen LogP contribution < -0.4 is 15.5 Å².